The third-order valence-corrected chi connectivity index (χ3v) is 2.22. The Morgan fingerprint density at radius 1 is 0.688 bits per heavy atom. The van der Waals surface area contributed by atoms with E-state index in [2.05, 4.69) is 80.5 Å². The maximum atomic E-state index is 2.38. The molecule has 0 atom stereocenters. The zero-order valence-electron chi connectivity index (χ0n) is 12.7. The van der Waals surface area contributed by atoms with Crippen molar-refractivity contribution in [1.82, 2.24) is 0 Å². The molecule has 0 heterocycles. The van der Waals surface area contributed by atoms with Crippen LogP contribution < -0.4 is 0 Å². The lowest BCUT2D eigenvalue weighted by atomic mass is 9.80. The molecule has 0 aliphatic rings. The molecule has 0 aliphatic carbocycles. The van der Waals surface area contributed by atoms with E-state index < -0.39 is 0 Å². The van der Waals surface area contributed by atoms with Crippen molar-refractivity contribution in [2.24, 2.45) is 16.2 Å². The minimum atomic E-state index is 0.217. The fourth-order valence-corrected chi connectivity index (χ4v) is 1.32. The van der Waals surface area contributed by atoms with Crippen LogP contribution in [0.1, 0.15) is 62.3 Å². The minimum Gasteiger partial charge on any atom is -0.0789 e. The fourth-order valence-electron chi connectivity index (χ4n) is 1.32. The molecule has 0 fully saturated rings. The third kappa shape index (κ3) is 7.73. The molecule has 0 spiro atoms. The monoisotopic (exact) mass is 222 g/mol. The van der Waals surface area contributed by atoms with E-state index in [1.807, 2.05) is 0 Å². The summed E-state index contributed by atoms with van der Waals surface area (Å²) in [5, 5.41) is 0. The second-order valence-electron chi connectivity index (χ2n) is 7.92. The molecule has 0 amide bonds. The van der Waals surface area contributed by atoms with Gasteiger partial charge in [-0.3, -0.25) is 0 Å². The standard InChI is InChI=1S/C16H30/c1-14(2,3)11-10-13(16(7,8)9)12-15(4,5)6/h10-12H,1-9H3/b11-10-,13-12+. The summed E-state index contributed by atoms with van der Waals surface area (Å²) >= 11 is 0. The van der Waals surface area contributed by atoms with Crippen molar-refractivity contribution in [3.8, 4) is 0 Å². The van der Waals surface area contributed by atoms with Crippen molar-refractivity contribution in [2.75, 3.05) is 0 Å². The molecule has 94 valence electrons. The first kappa shape index (κ1) is 15.5. The Hall–Kier alpha value is -0.520. The van der Waals surface area contributed by atoms with Crippen molar-refractivity contribution in [1.29, 1.82) is 0 Å². The summed E-state index contributed by atoms with van der Waals surface area (Å²) in [4.78, 5) is 0. The van der Waals surface area contributed by atoms with Crippen LogP contribution in [0.3, 0.4) is 0 Å². The molecule has 0 rings (SSSR count). The van der Waals surface area contributed by atoms with E-state index in [9.17, 15) is 0 Å². The molecule has 0 heteroatoms. The lowest BCUT2D eigenvalue weighted by molar-refractivity contribution is 0.478. The molecule has 16 heavy (non-hydrogen) atoms. The smallest absolute Gasteiger partial charge is 0.0135 e. The third-order valence-electron chi connectivity index (χ3n) is 2.22. The first-order valence-electron chi connectivity index (χ1n) is 6.24. The summed E-state index contributed by atoms with van der Waals surface area (Å²) < 4.78 is 0. The molecule has 0 N–H and O–H groups in total. The molecule has 0 saturated carbocycles. The van der Waals surface area contributed by atoms with Crippen molar-refractivity contribution >= 4 is 0 Å². The summed E-state index contributed by atoms with van der Waals surface area (Å²) in [5.74, 6) is 0. The quantitative estimate of drug-likeness (QED) is 0.506. The van der Waals surface area contributed by atoms with Crippen molar-refractivity contribution in [3.63, 3.8) is 0 Å². The summed E-state index contributed by atoms with van der Waals surface area (Å²) in [5.41, 5.74) is 2.14. The molecular formula is C16H30. The maximum absolute atomic E-state index is 2.38. The first-order valence-corrected chi connectivity index (χ1v) is 6.24. The van der Waals surface area contributed by atoms with Crippen LogP contribution in [0.4, 0.5) is 0 Å². The Labute approximate surface area is 103 Å². The summed E-state index contributed by atoms with van der Waals surface area (Å²) in [7, 11) is 0. The zero-order chi connectivity index (χ0) is 13.2. The van der Waals surface area contributed by atoms with Gasteiger partial charge >= 0.3 is 0 Å². The van der Waals surface area contributed by atoms with Gasteiger partial charge < -0.3 is 0 Å². The Kier molecular flexibility index (Phi) is 4.62. The van der Waals surface area contributed by atoms with Crippen LogP contribution in [0.25, 0.3) is 0 Å². The molecule has 0 unspecified atom stereocenters. The summed E-state index contributed by atoms with van der Waals surface area (Å²) in [6.45, 7) is 20.3. The largest absolute Gasteiger partial charge is 0.0789 e. The first-order chi connectivity index (χ1) is 6.81. The van der Waals surface area contributed by atoms with Crippen molar-refractivity contribution in [3.05, 3.63) is 23.8 Å². The maximum Gasteiger partial charge on any atom is -0.0135 e. The van der Waals surface area contributed by atoms with Crippen LogP contribution in [-0.4, -0.2) is 0 Å². The number of hydrogen-bond donors (Lipinski definition) is 0. The summed E-state index contributed by atoms with van der Waals surface area (Å²) in [6, 6.07) is 0. The molecule has 0 saturated heterocycles. The predicted octanol–water partition coefficient (Wildman–Crippen LogP) is 5.61. The zero-order valence-corrected chi connectivity index (χ0v) is 12.7. The van der Waals surface area contributed by atoms with E-state index in [1.54, 1.807) is 0 Å². The van der Waals surface area contributed by atoms with Crippen LogP contribution in [0.5, 0.6) is 0 Å². The number of allylic oxidation sites excluding steroid dienone is 4. The van der Waals surface area contributed by atoms with E-state index in [0.29, 0.717) is 0 Å². The van der Waals surface area contributed by atoms with E-state index >= 15 is 0 Å². The second kappa shape index (κ2) is 4.77. The molecule has 0 aromatic rings. The molecule has 0 aromatic carbocycles. The normalized spacial score (nSPS) is 15.9. The van der Waals surface area contributed by atoms with E-state index in [0.717, 1.165) is 0 Å². The average molecular weight is 222 g/mol. The molecule has 0 nitrogen and oxygen atoms in total. The van der Waals surface area contributed by atoms with E-state index in [-0.39, 0.29) is 16.2 Å². The Bertz CT molecular complexity index is 269. The van der Waals surface area contributed by atoms with E-state index in [1.165, 1.54) is 5.57 Å². The SMILES string of the molecule is CC(C)(C)/C=C\C(=C/C(C)(C)C)C(C)(C)C. The van der Waals surface area contributed by atoms with Gasteiger partial charge in [-0.2, -0.15) is 0 Å². The topological polar surface area (TPSA) is 0 Å². The Morgan fingerprint density at radius 3 is 1.38 bits per heavy atom. The van der Waals surface area contributed by atoms with Crippen LogP contribution in [-0.2, 0) is 0 Å². The van der Waals surface area contributed by atoms with Gasteiger partial charge in [0.2, 0.25) is 0 Å². The van der Waals surface area contributed by atoms with Gasteiger partial charge in [0.1, 0.15) is 0 Å². The van der Waals surface area contributed by atoms with Gasteiger partial charge in [-0.05, 0) is 21.8 Å². The Balaban J connectivity index is 5.16. The predicted molar refractivity (Wildman–Crippen MR) is 75.6 cm³/mol. The fraction of sp³-hybridized carbons (Fsp3) is 0.750. The highest BCUT2D eigenvalue weighted by atomic mass is 14.2. The average Bonchev–Trinajstić information content (AvgIpc) is 1.91. The molecular weight excluding hydrogens is 192 g/mol. The van der Waals surface area contributed by atoms with Crippen LogP contribution in [0, 0.1) is 16.2 Å². The minimum absolute atomic E-state index is 0.217. The van der Waals surface area contributed by atoms with Gasteiger partial charge in [0.25, 0.3) is 0 Å². The highest BCUT2D eigenvalue weighted by molar-refractivity contribution is 5.27. The van der Waals surface area contributed by atoms with Crippen molar-refractivity contribution < 1.29 is 0 Å². The van der Waals surface area contributed by atoms with Gasteiger partial charge in [0.15, 0.2) is 0 Å². The van der Waals surface area contributed by atoms with Gasteiger partial charge in [-0.1, -0.05) is 80.5 Å². The lowest BCUT2D eigenvalue weighted by Crippen LogP contribution is -2.12. The van der Waals surface area contributed by atoms with Crippen LogP contribution in [0.15, 0.2) is 23.8 Å². The highest BCUT2D eigenvalue weighted by Gasteiger charge is 2.18. The van der Waals surface area contributed by atoms with Gasteiger partial charge in [-0.25, -0.2) is 0 Å². The van der Waals surface area contributed by atoms with Crippen molar-refractivity contribution in [2.45, 2.75) is 62.3 Å². The van der Waals surface area contributed by atoms with Crippen LogP contribution >= 0.6 is 0 Å². The number of rotatable bonds is 1. The van der Waals surface area contributed by atoms with Gasteiger partial charge in [0, 0.05) is 0 Å². The molecule has 0 aliphatic heterocycles. The molecule has 0 bridgehead atoms. The molecule has 0 radical (unpaired) electrons. The van der Waals surface area contributed by atoms with Gasteiger partial charge in [-0.15, -0.1) is 0 Å². The van der Waals surface area contributed by atoms with Crippen LogP contribution in [0.2, 0.25) is 0 Å². The van der Waals surface area contributed by atoms with E-state index in [4.69, 9.17) is 0 Å². The summed E-state index contributed by atoms with van der Waals surface area (Å²) in [6.07, 6.45) is 6.98. The number of hydrogen-bond acceptors (Lipinski definition) is 0. The van der Waals surface area contributed by atoms with Gasteiger partial charge in [0.05, 0.1) is 0 Å². The highest BCUT2D eigenvalue weighted by Crippen LogP contribution is 2.32. The molecule has 0 aromatic heterocycles. The Morgan fingerprint density at radius 2 is 1.12 bits per heavy atom. The second-order valence-corrected chi connectivity index (χ2v) is 7.92. The lowest BCUT2D eigenvalue weighted by Gasteiger charge is -2.25.